The predicted molar refractivity (Wildman–Crippen MR) is 166 cm³/mol. The minimum absolute atomic E-state index is 0.188. The third kappa shape index (κ3) is 6.81. The molecule has 2 heteroatoms. The van der Waals surface area contributed by atoms with Crippen LogP contribution in [0.15, 0.2) is 0 Å². The van der Waals surface area contributed by atoms with E-state index in [-0.39, 0.29) is 5.60 Å². The number of nitrogens with one attached hydrogen (secondary N) is 1. The molecule has 0 amide bonds. The van der Waals surface area contributed by atoms with E-state index in [2.05, 4.69) is 19.2 Å². The summed E-state index contributed by atoms with van der Waals surface area (Å²) in [4.78, 5) is 0. The predicted octanol–water partition coefficient (Wildman–Crippen LogP) is 10.5. The molecule has 37 heavy (non-hydrogen) atoms. The van der Waals surface area contributed by atoms with Gasteiger partial charge >= 0.3 is 0 Å². The van der Waals surface area contributed by atoms with Crippen LogP contribution in [0.4, 0.5) is 0 Å². The molecule has 2 nitrogen and oxygen atoms in total. The van der Waals surface area contributed by atoms with Gasteiger partial charge in [-0.05, 0) is 99.3 Å². The van der Waals surface area contributed by atoms with Crippen LogP contribution >= 0.6 is 0 Å². The topological polar surface area (TPSA) is 21.3 Å². The third-order valence-electron chi connectivity index (χ3n) is 11.0. The van der Waals surface area contributed by atoms with E-state index in [4.69, 9.17) is 4.74 Å². The van der Waals surface area contributed by atoms with Crippen LogP contribution in [0.25, 0.3) is 0 Å². The van der Waals surface area contributed by atoms with Crippen LogP contribution in [0, 0.1) is 47.3 Å². The molecule has 6 aliphatic rings. The second-order valence-corrected chi connectivity index (χ2v) is 11.5. The van der Waals surface area contributed by atoms with E-state index in [1.165, 1.54) is 45.1 Å². The fourth-order valence-electron chi connectivity index (χ4n) is 9.79. The molecule has 2 aliphatic heterocycles. The zero-order valence-corrected chi connectivity index (χ0v) is 27.7. The second-order valence-electron chi connectivity index (χ2n) is 11.5. The van der Waals surface area contributed by atoms with Crippen LogP contribution in [0.2, 0.25) is 0 Å². The minimum atomic E-state index is 0.188. The number of ether oxygens (including phenoxy) is 1. The smallest absolute Gasteiger partial charge is 0.0756 e. The van der Waals surface area contributed by atoms with Crippen molar-refractivity contribution < 1.29 is 4.74 Å². The number of fused-ring (bicyclic) bond motifs is 6. The molecule has 2 saturated heterocycles. The van der Waals surface area contributed by atoms with Crippen LogP contribution < -0.4 is 5.32 Å². The lowest BCUT2D eigenvalue weighted by molar-refractivity contribution is -0.141. The number of rotatable bonds is 0. The quantitative estimate of drug-likeness (QED) is 0.342. The Labute approximate surface area is 235 Å². The number of piperidine rings is 1. The van der Waals surface area contributed by atoms with E-state index in [1.807, 2.05) is 69.2 Å². The normalized spacial score (nSPS) is 44.4. The maximum atomic E-state index is 7.02. The molecule has 6 unspecified atom stereocenters. The summed E-state index contributed by atoms with van der Waals surface area (Å²) in [6, 6.07) is 0.629. The minimum Gasteiger partial charge on any atom is -0.370 e. The van der Waals surface area contributed by atoms with Crippen molar-refractivity contribution in [2.75, 3.05) is 6.54 Å². The highest BCUT2D eigenvalue weighted by molar-refractivity contribution is 5.13. The van der Waals surface area contributed by atoms with Crippen molar-refractivity contribution in [3.05, 3.63) is 0 Å². The summed E-state index contributed by atoms with van der Waals surface area (Å²) in [6.45, 7) is 26.3. The summed E-state index contributed by atoms with van der Waals surface area (Å²) in [6.07, 6.45) is 16.8. The molecule has 4 saturated carbocycles. The molecular formula is C35H71NO. The molecule has 4 aliphatic carbocycles. The molecule has 2 heterocycles. The fourth-order valence-corrected chi connectivity index (χ4v) is 9.79. The monoisotopic (exact) mass is 522 g/mol. The number of hydrogen-bond acceptors (Lipinski definition) is 2. The first-order valence-corrected chi connectivity index (χ1v) is 17.6. The Hall–Kier alpha value is -0.0800. The van der Waals surface area contributed by atoms with Crippen molar-refractivity contribution in [2.45, 2.75) is 171 Å². The molecule has 1 N–H and O–H groups in total. The first-order chi connectivity index (χ1) is 18.2. The van der Waals surface area contributed by atoms with Crippen LogP contribution in [0.1, 0.15) is 154 Å². The van der Waals surface area contributed by atoms with E-state index in [1.54, 1.807) is 32.1 Å². The van der Waals surface area contributed by atoms with Gasteiger partial charge in [-0.25, -0.2) is 0 Å². The Kier molecular flexibility index (Phi) is 16.6. The van der Waals surface area contributed by atoms with Gasteiger partial charge in [0.1, 0.15) is 0 Å². The lowest BCUT2D eigenvalue weighted by Gasteiger charge is -2.49. The lowest BCUT2D eigenvalue weighted by atomic mass is 9.59. The zero-order valence-electron chi connectivity index (χ0n) is 27.7. The Morgan fingerprint density at radius 1 is 0.568 bits per heavy atom. The summed E-state index contributed by atoms with van der Waals surface area (Å²) in [5.41, 5.74) is 0.188. The molecule has 0 aromatic heterocycles. The summed E-state index contributed by atoms with van der Waals surface area (Å²) < 4.78 is 7.02. The van der Waals surface area contributed by atoms with Gasteiger partial charge in [0.15, 0.2) is 0 Å². The maximum Gasteiger partial charge on any atom is 0.0756 e. The summed E-state index contributed by atoms with van der Waals surface area (Å²) in [5, 5.41) is 3.84. The molecule has 0 radical (unpaired) electrons. The van der Waals surface area contributed by atoms with E-state index in [0.717, 1.165) is 41.4 Å². The highest BCUT2D eigenvalue weighted by Crippen LogP contribution is 2.64. The average molecular weight is 522 g/mol. The molecule has 6 fully saturated rings. The van der Waals surface area contributed by atoms with Crippen LogP contribution in [-0.4, -0.2) is 24.3 Å². The number of hydrogen-bond donors (Lipinski definition) is 1. The van der Waals surface area contributed by atoms with Gasteiger partial charge in [0.05, 0.1) is 11.7 Å². The fraction of sp³-hybridized carbons (Fsp3) is 1.00. The second kappa shape index (κ2) is 17.6. The van der Waals surface area contributed by atoms with Crippen molar-refractivity contribution in [1.82, 2.24) is 5.32 Å². The van der Waals surface area contributed by atoms with Crippen molar-refractivity contribution >= 4 is 0 Å². The molecule has 0 bridgehead atoms. The summed E-state index contributed by atoms with van der Waals surface area (Å²) in [5.74, 6) is 7.80. The largest absolute Gasteiger partial charge is 0.370 e. The summed E-state index contributed by atoms with van der Waals surface area (Å²) in [7, 11) is 0. The highest BCUT2D eigenvalue weighted by Gasteiger charge is 2.63. The van der Waals surface area contributed by atoms with Gasteiger partial charge in [-0.2, -0.15) is 0 Å². The van der Waals surface area contributed by atoms with Crippen molar-refractivity contribution in [2.24, 2.45) is 47.3 Å². The van der Waals surface area contributed by atoms with E-state index in [0.29, 0.717) is 18.1 Å². The van der Waals surface area contributed by atoms with Gasteiger partial charge in [-0.1, -0.05) is 102 Å². The van der Waals surface area contributed by atoms with E-state index in [9.17, 15) is 0 Å². The Morgan fingerprint density at radius 3 is 1.84 bits per heavy atom. The highest BCUT2D eigenvalue weighted by atomic mass is 16.5. The molecule has 1 spiro atoms. The van der Waals surface area contributed by atoms with Gasteiger partial charge in [-0.15, -0.1) is 0 Å². The van der Waals surface area contributed by atoms with E-state index < -0.39 is 0 Å². The van der Waals surface area contributed by atoms with Gasteiger partial charge in [0, 0.05) is 12.0 Å². The van der Waals surface area contributed by atoms with Gasteiger partial charge < -0.3 is 10.1 Å². The molecule has 11 atom stereocenters. The average Bonchev–Trinajstić information content (AvgIpc) is 3.53. The molecule has 222 valence electrons. The first kappa shape index (κ1) is 34.9. The van der Waals surface area contributed by atoms with Crippen LogP contribution in [0.3, 0.4) is 0 Å². The van der Waals surface area contributed by atoms with Gasteiger partial charge in [0.25, 0.3) is 0 Å². The Balaban J connectivity index is 0.000000618. The Bertz CT molecular complexity index is 578. The first-order valence-electron chi connectivity index (χ1n) is 17.6. The summed E-state index contributed by atoms with van der Waals surface area (Å²) >= 11 is 0. The molecule has 0 aromatic carbocycles. The molecule has 6 rings (SSSR count). The van der Waals surface area contributed by atoms with Gasteiger partial charge in [-0.3, -0.25) is 0 Å². The van der Waals surface area contributed by atoms with Gasteiger partial charge in [0.2, 0.25) is 0 Å². The third-order valence-corrected chi connectivity index (χ3v) is 11.0. The lowest BCUT2D eigenvalue weighted by Crippen LogP contribution is -2.52. The van der Waals surface area contributed by atoms with Crippen molar-refractivity contribution in [1.29, 1.82) is 0 Å². The zero-order chi connectivity index (χ0) is 28.2. The molecular weight excluding hydrogens is 450 g/mol. The van der Waals surface area contributed by atoms with E-state index >= 15 is 0 Å². The van der Waals surface area contributed by atoms with Crippen LogP contribution in [-0.2, 0) is 4.74 Å². The van der Waals surface area contributed by atoms with Crippen LogP contribution in [0.5, 0.6) is 0 Å². The molecule has 0 aromatic rings. The Morgan fingerprint density at radius 2 is 1.19 bits per heavy atom. The SMILES string of the molecule is CC.CC.CC.CC.CC.C[C@@H]1C2CC3C4CCCCC4CCC3C2CC[C@]12O[C@@H]1CCCN[C@H]1[C@H]2C. The van der Waals surface area contributed by atoms with Crippen molar-refractivity contribution in [3.63, 3.8) is 0 Å². The van der Waals surface area contributed by atoms with Crippen molar-refractivity contribution in [3.8, 4) is 0 Å². The standard InChI is InChI=1S/C25H41NO.5C2H6/c1-15-21-14-22-18-7-4-3-6-17(18)9-10-19(22)20(21)11-12-25(15)16(2)24-23(27-25)8-5-13-26-24;5*1-2/h15-24,26H,3-14H2,1-2H3;5*1-2H3/t15-,16-,17?,18?,19?,20?,21?,22?,23-,24+,25+;;;;;/m1...../s1. The maximum absolute atomic E-state index is 7.02.